The van der Waals surface area contributed by atoms with E-state index in [1.54, 1.807) is 0 Å². The Morgan fingerprint density at radius 1 is 0.300 bits per heavy atom. The molecule has 0 aliphatic rings. The van der Waals surface area contributed by atoms with Gasteiger partial charge in [0.15, 0.2) is 0 Å². The van der Waals surface area contributed by atoms with E-state index in [4.69, 9.17) is 10.2 Å². The Hall–Kier alpha value is -1.34. The van der Waals surface area contributed by atoms with Crippen LogP contribution in [0.1, 0.15) is 116 Å². The number of halogens is 18. The Morgan fingerprint density at radius 2 is 0.520 bits per heavy atom. The highest BCUT2D eigenvalue weighted by Gasteiger charge is 2.83. The molecule has 2 N–H and O–H groups in total. The van der Waals surface area contributed by atoms with Crippen LogP contribution < -0.4 is 0 Å². The van der Waals surface area contributed by atoms with Crippen LogP contribution >= 0.6 is 0 Å². The van der Waals surface area contributed by atoms with Crippen molar-refractivity contribution in [3.63, 3.8) is 0 Å². The van der Waals surface area contributed by atoms with E-state index in [1.807, 2.05) is 0 Å². The molecule has 0 saturated carbocycles. The molecule has 0 aromatic carbocycles. The first-order valence-electron chi connectivity index (χ1n) is 16.2. The lowest BCUT2D eigenvalue weighted by molar-refractivity contribution is -0.400. The molecule has 2 nitrogen and oxygen atoms in total. The lowest BCUT2D eigenvalue weighted by Gasteiger charge is -2.39. The van der Waals surface area contributed by atoms with Crippen molar-refractivity contribution < 1.29 is 89.2 Å². The second-order valence-electron chi connectivity index (χ2n) is 12.6. The highest BCUT2D eigenvalue weighted by molar-refractivity contribution is 5.04. The third kappa shape index (κ3) is 13.0. The van der Waals surface area contributed by atoms with Gasteiger partial charge in [-0.05, 0) is 37.5 Å². The summed E-state index contributed by atoms with van der Waals surface area (Å²) in [7, 11) is 0. The average Bonchev–Trinajstić information content (AvgIpc) is 2.96. The summed E-state index contributed by atoms with van der Waals surface area (Å²) in [4.78, 5) is 0. The van der Waals surface area contributed by atoms with Gasteiger partial charge in [0, 0.05) is 26.1 Å². The zero-order valence-corrected chi connectivity index (χ0v) is 27.0. The molecule has 0 rings (SSSR count). The third-order valence-electron chi connectivity index (χ3n) is 8.59. The van der Waals surface area contributed by atoms with Gasteiger partial charge >= 0.3 is 47.9 Å². The number of aliphatic hydroxyl groups is 2. The van der Waals surface area contributed by atoms with E-state index in [9.17, 15) is 79.0 Å². The SMILES string of the molecule is OCCCCCCCCCC(CC(F)(F)C(F)(F)C(F)(F)C(F)(F)F)C(CCCCCCCCCO)CC(F)(F)C(F)(F)C(F)(F)C(F)(F)F. The van der Waals surface area contributed by atoms with E-state index in [0.717, 1.165) is 0 Å². The average molecular weight is 779 g/mol. The minimum Gasteiger partial charge on any atom is -0.396 e. The molecule has 0 radical (unpaired) electrons. The van der Waals surface area contributed by atoms with E-state index in [2.05, 4.69) is 0 Å². The quantitative estimate of drug-likeness (QED) is 0.0644. The van der Waals surface area contributed by atoms with E-state index >= 15 is 0 Å². The number of rotatable bonds is 27. The van der Waals surface area contributed by atoms with Gasteiger partial charge in [-0.15, -0.1) is 0 Å². The summed E-state index contributed by atoms with van der Waals surface area (Å²) in [5.41, 5.74) is 0. The third-order valence-corrected chi connectivity index (χ3v) is 8.59. The van der Waals surface area contributed by atoms with Crippen LogP contribution in [0.25, 0.3) is 0 Å². The first kappa shape index (κ1) is 48.7. The van der Waals surface area contributed by atoms with Crippen molar-refractivity contribution in [2.45, 2.75) is 163 Å². The van der Waals surface area contributed by atoms with Gasteiger partial charge in [0.1, 0.15) is 0 Å². The van der Waals surface area contributed by atoms with Gasteiger partial charge < -0.3 is 10.2 Å². The molecule has 0 aromatic heterocycles. The number of hydrogen-bond acceptors (Lipinski definition) is 2. The maximum atomic E-state index is 14.8. The molecular formula is C30H44F18O2. The summed E-state index contributed by atoms with van der Waals surface area (Å²) in [5.74, 6) is -47.0. The normalized spacial score (nSPS) is 15.8. The number of unbranched alkanes of at least 4 members (excludes halogenated alkanes) is 12. The zero-order chi connectivity index (χ0) is 39.3. The van der Waals surface area contributed by atoms with Gasteiger partial charge in [-0.25, -0.2) is 0 Å². The fourth-order valence-corrected chi connectivity index (χ4v) is 5.54. The molecule has 0 spiro atoms. The molecule has 0 saturated heterocycles. The van der Waals surface area contributed by atoms with Crippen molar-refractivity contribution in [3.8, 4) is 0 Å². The van der Waals surface area contributed by atoms with Crippen LogP contribution in [0.2, 0.25) is 0 Å². The summed E-state index contributed by atoms with van der Waals surface area (Å²) >= 11 is 0. The van der Waals surface area contributed by atoms with Crippen LogP contribution in [-0.2, 0) is 0 Å². The molecule has 0 aromatic rings. The van der Waals surface area contributed by atoms with Gasteiger partial charge in [0.25, 0.3) is 0 Å². The summed E-state index contributed by atoms with van der Waals surface area (Å²) in [6.07, 6.45) is -18.6. The van der Waals surface area contributed by atoms with Crippen molar-refractivity contribution in [3.05, 3.63) is 0 Å². The number of hydrogen-bond donors (Lipinski definition) is 2. The maximum Gasteiger partial charge on any atom is 0.460 e. The monoisotopic (exact) mass is 778 g/mol. The molecule has 302 valence electrons. The molecular weight excluding hydrogens is 734 g/mol. The van der Waals surface area contributed by atoms with Crippen molar-refractivity contribution in [1.82, 2.24) is 0 Å². The second kappa shape index (κ2) is 19.7. The molecule has 0 heterocycles. The Morgan fingerprint density at radius 3 is 0.740 bits per heavy atom. The van der Waals surface area contributed by atoms with Gasteiger partial charge in [0.05, 0.1) is 0 Å². The standard InChI is InChI=1S/C30H44F18O2/c31-23(32,25(35,36)27(39,40)29(43,44)45)19-21(15-11-7-3-1-5-9-13-17-49)22(16-12-8-4-2-6-10-14-18-50)20-24(33,34)26(37,38)28(41,42)30(46,47)48/h21-22,49-50H,1-20H2. The highest BCUT2D eigenvalue weighted by Crippen LogP contribution is 2.58. The van der Waals surface area contributed by atoms with E-state index in [0.29, 0.717) is 51.4 Å². The lowest BCUT2D eigenvalue weighted by atomic mass is 9.75. The first-order chi connectivity index (χ1) is 22.6. The molecule has 50 heavy (non-hydrogen) atoms. The predicted octanol–water partition coefficient (Wildman–Crippen LogP) is 12.2. The Balaban J connectivity index is 6.63. The van der Waals surface area contributed by atoms with Crippen LogP contribution in [0.4, 0.5) is 79.0 Å². The summed E-state index contributed by atoms with van der Waals surface area (Å²) in [6.45, 7) is -0.283. The lowest BCUT2D eigenvalue weighted by Crippen LogP contribution is -2.62. The van der Waals surface area contributed by atoms with Crippen molar-refractivity contribution >= 4 is 0 Å². The fraction of sp³-hybridized carbons (Fsp3) is 1.00. The van der Waals surface area contributed by atoms with E-state index in [-0.39, 0.29) is 38.9 Å². The molecule has 2 unspecified atom stereocenters. The Bertz CT molecular complexity index is 860. The topological polar surface area (TPSA) is 40.5 Å². The minimum absolute atomic E-state index is 0.0183. The van der Waals surface area contributed by atoms with Crippen molar-refractivity contribution in [2.24, 2.45) is 11.8 Å². The number of aliphatic hydroxyl groups excluding tert-OH is 2. The van der Waals surface area contributed by atoms with Gasteiger partial charge in [-0.3, -0.25) is 0 Å². The summed E-state index contributed by atoms with van der Waals surface area (Å²) in [6, 6.07) is 0. The summed E-state index contributed by atoms with van der Waals surface area (Å²) < 4.78 is 247. The predicted molar refractivity (Wildman–Crippen MR) is 146 cm³/mol. The van der Waals surface area contributed by atoms with Gasteiger partial charge in [-0.2, -0.15) is 79.0 Å². The van der Waals surface area contributed by atoms with Crippen LogP contribution in [0.3, 0.4) is 0 Å². The van der Waals surface area contributed by atoms with Crippen molar-refractivity contribution in [2.75, 3.05) is 13.2 Å². The molecule has 0 fully saturated rings. The summed E-state index contributed by atoms with van der Waals surface area (Å²) in [5, 5.41) is 17.6. The largest absolute Gasteiger partial charge is 0.460 e. The smallest absolute Gasteiger partial charge is 0.396 e. The molecule has 0 aliphatic heterocycles. The van der Waals surface area contributed by atoms with Crippen molar-refractivity contribution in [1.29, 1.82) is 0 Å². The fourth-order valence-electron chi connectivity index (χ4n) is 5.54. The van der Waals surface area contributed by atoms with Crippen LogP contribution in [0, 0.1) is 11.8 Å². The molecule has 2 atom stereocenters. The Labute approximate surface area is 278 Å². The number of alkyl halides is 18. The molecule has 0 amide bonds. The van der Waals surface area contributed by atoms with Gasteiger partial charge in [0.2, 0.25) is 0 Å². The molecule has 0 bridgehead atoms. The minimum atomic E-state index is -7.39. The van der Waals surface area contributed by atoms with Crippen LogP contribution in [-0.4, -0.2) is 71.3 Å². The highest BCUT2D eigenvalue weighted by atomic mass is 19.4. The van der Waals surface area contributed by atoms with Crippen LogP contribution in [0.15, 0.2) is 0 Å². The van der Waals surface area contributed by atoms with Gasteiger partial charge in [-0.1, -0.05) is 77.0 Å². The van der Waals surface area contributed by atoms with E-state index in [1.165, 1.54) is 0 Å². The zero-order valence-electron chi connectivity index (χ0n) is 27.0. The van der Waals surface area contributed by atoms with E-state index < -0.39 is 98.2 Å². The molecule has 20 heteroatoms. The maximum absolute atomic E-state index is 14.8. The first-order valence-corrected chi connectivity index (χ1v) is 16.2. The molecule has 0 aliphatic carbocycles. The van der Waals surface area contributed by atoms with Crippen LogP contribution in [0.5, 0.6) is 0 Å². The second-order valence-corrected chi connectivity index (χ2v) is 12.6. The Kier molecular flexibility index (Phi) is 19.1.